The highest BCUT2D eigenvalue weighted by molar-refractivity contribution is 7.87. The van der Waals surface area contributed by atoms with Gasteiger partial charge in [0.15, 0.2) is 0 Å². The fraction of sp³-hybridized carbons (Fsp3) is 0.361. The lowest BCUT2D eigenvalue weighted by atomic mass is 9.70. The minimum atomic E-state index is -4.35. The molecule has 1 aromatic heterocycles. The zero-order valence-electron chi connectivity index (χ0n) is 26.3. The van der Waals surface area contributed by atoms with Crippen molar-refractivity contribution in [3.8, 4) is 23.0 Å². The first-order valence-corrected chi connectivity index (χ1v) is 17.3. The van der Waals surface area contributed by atoms with E-state index >= 15 is 0 Å². The summed E-state index contributed by atoms with van der Waals surface area (Å²) < 4.78 is 42.4. The standard InChI is InChI=1S/C36H38N2O7S/c1-4-5-16-30-32(40)37(27-14-10-7-11-15-27)38(28-17-19-29(20-18-28)44-34(41)25-12-8-6-9-13-25)33(30)45-46(42,43)24-36-22-21-26(23-31(36)39)35(36,2)3/h6-15,17-20,26H,4-5,16,21-24H2,1-3H3. The molecule has 2 saturated carbocycles. The summed E-state index contributed by atoms with van der Waals surface area (Å²) in [6, 6.07) is 24.0. The number of aromatic nitrogens is 2. The van der Waals surface area contributed by atoms with E-state index in [2.05, 4.69) is 0 Å². The highest BCUT2D eigenvalue weighted by atomic mass is 32.2. The number of nitrogens with zero attached hydrogens (tertiary/aromatic N) is 2. The molecule has 3 aromatic carbocycles. The second-order valence-corrected chi connectivity index (χ2v) is 14.4. The lowest BCUT2D eigenvalue weighted by Crippen LogP contribution is -2.43. The second-order valence-electron chi connectivity index (χ2n) is 12.9. The molecule has 2 aliphatic carbocycles. The molecule has 1 heterocycles. The normalized spacial score (nSPS) is 20.2. The lowest BCUT2D eigenvalue weighted by molar-refractivity contribution is -0.128. The maximum atomic E-state index is 14.1. The average Bonchev–Trinajstić information content (AvgIpc) is 3.52. The fourth-order valence-electron chi connectivity index (χ4n) is 7.17. The van der Waals surface area contributed by atoms with Crippen molar-refractivity contribution in [3.63, 3.8) is 0 Å². The van der Waals surface area contributed by atoms with Crippen molar-refractivity contribution < 1.29 is 26.9 Å². The first-order chi connectivity index (χ1) is 22.0. The van der Waals surface area contributed by atoms with E-state index in [1.807, 2.05) is 26.8 Å². The summed E-state index contributed by atoms with van der Waals surface area (Å²) in [5.74, 6) is -0.698. The Labute approximate surface area is 268 Å². The Kier molecular flexibility index (Phi) is 8.27. The van der Waals surface area contributed by atoms with Gasteiger partial charge in [-0.2, -0.15) is 8.42 Å². The monoisotopic (exact) mass is 642 g/mol. The minimum Gasteiger partial charge on any atom is -0.423 e. The first-order valence-electron chi connectivity index (χ1n) is 15.7. The summed E-state index contributed by atoms with van der Waals surface area (Å²) in [6.45, 7) is 5.94. The third-order valence-electron chi connectivity index (χ3n) is 9.95. The Bertz CT molecular complexity index is 1930. The van der Waals surface area contributed by atoms with Gasteiger partial charge < -0.3 is 8.92 Å². The number of para-hydroxylation sites is 1. The van der Waals surface area contributed by atoms with Crippen molar-refractivity contribution in [2.75, 3.05) is 5.75 Å². The Morgan fingerprint density at radius 2 is 1.52 bits per heavy atom. The van der Waals surface area contributed by atoms with Crippen LogP contribution in [0.1, 0.15) is 68.8 Å². The van der Waals surface area contributed by atoms with Crippen LogP contribution in [0.5, 0.6) is 11.6 Å². The number of ether oxygens (including phenoxy) is 1. The molecular weight excluding hydrogens is 604 g/mol. The van der Waals surface area contributed by atoms with Gasteiger partial charge in [0.25, 0.3) is 5.56 Å². The van der Waals surface area contributed by atoms with Gasteiger partial charge in [-0.25, -0.2) is 14.2 Å². The molecule has 2 unspecified atom stereocenters. The van der Waals surface area contributed by atoms with Crippen LogP contribution in [-0.2, 0) is 21.3 Å². The number of carbonyl (C=O) groups is 2. The van der Waals surface area contributed by atoms with E-state index in [0.29, 0.717) is 42.6 Å². The number of esters is 1. The van der Waals surface area contributed by atoms with Crippen molar-refractivity contribution in [2.24, 2.45) is 16.7 Å². The average molecular weight is 643 g/mol. The van der Waals surface area contributed by atoms with Crippen molar-refractivity contribution in [3.05, 3.63) is 106 Å². The third kappa shape index (κ3) is 5.48. The molecule has 9 nitrogen and oxygen atoms in total. The molecule has 240 valence electrons. The molecule has 10 heteroatoms. The Morgan fingerprint density at radius 1 is 0.891 bits per heavy atom. The van der Waals surface area contributed by atoms with Crippen LogP contribution in [0, 0.1) is 16.7 Å². The molecule has 0 spiro atoms. The maximum absolute atomic E-state index is 14.1. The van der Waals surface area contributed by atoms with Gasteiger partial charge in [0.2, 0.25) is 5.88 Å². The van der Waals surface area contributed by atoms with Crippen molar-refractivity contribution in [1.29, 1.82) is 0 Å². The summed E-state index contributed by atoms with van der Waals surface area (Å²) in [4.78, 5) is 40.0. The van der Waals surface area contributed by atoms with Crippen LogP contribution in [0.3, 0.4) is 0 Å². The van der Waals surface area contributed by atoms with Gasteiger partial charge in [-0.3, -0.25) is 9.59 Å². The second kappa shape index (κ2) is 12.1. The van der Waals surface area contributed by atoms with Crippen molar-refractivity contribution in [2.45, 2.75) is 59.3 Å². The van der Waals surface area contributed by atoms with Crippen molar-refractivity contribution in [1.82, 2.24) is 9.36 Å². The number of benzene rings is 3. The van der Waals surface area contributed by atoms with E-state index in [0.717, 1.165) is 12.8 Å². The Hall–Kier alpha value is -4.44. The van der Waals surface area contributed by atoms with Crippen molar-refractivity contribution >= 4 is 21.9 Å². The van der Waals surface area contributed by atoms with Gasteiger partial charge in [0, 0.05) is 6.42 Å². The van der Waals surface area contributed by atoms with Gasteiger partial charge >= 0.3 is 16.1 Å². The molecule has 0 saturated heterocycles. The molecule has 4 aromatic rings. The highest BCUT2D eigenvalue weighted by Crippen LogP contribution is 2.64. The minimum absolute atomic E-state index is 0.0352. The van der Waals surface area contributed by atoms with Crippen LogP contribution in [0.25, 0.3) is 11.4 Å². The molecule has 0 amide bonds. The van der Waals surface area contributed by atoms with E-state index in [1.165, 1.54) is 9.36 Å². The number of fused-ring (bicyclic) bond motifs is 2. The van der Waals surface area contributed by atoms with Crippen LogP contribution in [0.4, 0.5) is 0 Å². The number of rotatable bonds is 11. The predicted molar refractivity (Wildman–Crippen MR) is 174 cm³/mol. The molecule has 0 N–H and O–H groups in total. The van der Waals surface area contributed by atoms with Crippen LogP contribution in [0.15, 0.2) is 89.7 Å². The van der Waals surface area contributed by atoms with Gasteiger partial charge in [-0.15, -0.1) is 0 Å². The van der Waals surface area contributed by atoms with Crippen LogP contribution in [0.2, 0.25) is 0 Å². The number of hydrogen-bond donors (Lipinski definition) is 0. The number of unbranched alkanes of at least 4 members (excludes halogenated alkanes) is 1. The summed E-state index contributed by atoms with van der Waals surface area (Å²) in [5.41, 5.74) is -0.348. The smallest absolute Gasteiger partial charge is 0.343 e. The molecule has 2 fully saturated rings. The molecular formula is C36H38N2O7S. The van der Waals surface area contributed by atoms with Gasteiger partial charge in [0.1, 0.15) is 11.5 Å². The fourth-order valence-corrected chi connectivity index (χ4v) is 8.92. The topological polar surface area (TPSA) is 114 Å². The molecule has 2 aliphatic rings. The van der Waals surface area contributed by atoms with Gasteiger partial charge in [-0.05, 0) is 85.5 Å². The first kappa shape index (κ1) is 31.5. The summed E-state index contributed by atoms with van der Waals surface area (Å²) in [6.07, 6.45) is 3.37. The zero-order chi connectivity index (χ0) is 32.7. The number of hydrogen-bond acceptors (Lipinski definition) is 7. The van der Waals surface area contributed by atoms with E-state index in [1.54, 1.807) is 78.9 Å². The van der Waals surface area contributed by atoms with Crippen LogP contribution >= 0.6 is 0 Å². The summed E-state index contributed by atoms with van der Waals surface area (Å²) >= 11 is 0. The molecule has 2 bridgehead atoms. The Balaban J connectivity index is 1.44. The Morgan fingerprint density at radius 3 is 2.11 bits per heavy atom. The molecule has 6 rings (SSSR count). The van der Waals surface area contributed by atoms with E-state index < -0.39 is 38.2 Å². The third-order valence-corrected chi connectivity index (χ3v) is 11.2. The number of Topliss-reactive ketones (excluding diaryl/α,β-unsaturated/α-hetero) is 1. The lowest BCUT2D eigenvalue weighted by Gasteiger charge is -2.35. The molecule has 2 atom stereocenters. The highest BCUT2D eigenvalue weighted by Gasteiger charge is 2.65. The molecule has 46 heavy (non-hydrogen) atoms. The molecule has 0 aliphatic heterocycles. The maximum Gasteiger partial charge on any atom is 0.343 e. The number of carbonyl (C=O) groups excluding carboxylic acids is 2. The van der Waals surface area contributed by atoms with Gasteiger partial charge in [0.05, 0.1) is 33.7 Å². The SMILES string of the molecule is CCCCc1c(OS(=O)(=O)CC23CCC(CC2=O)C3(C)C)n(-c2ccc(OC(=O)c3ccccc3)cc2)n(-c2ccccc2)c1=O. The number of ketones is 1. The van der Waals surface area contributed by atoms with Crippen LogP contribution in [-0.4, -0.2) is 35.3 Å². The quantitative estimate of drug-likeness (QED) is 0.107. The summed E-state index contributed by atoms with van der Waals surface area (Å²) in [7, 11) is -4.35. The summed E-state index contributed by atoms with van der Waals surface area (Å²) in [5, 5.41) is 0. The van der Waals surface area contributed by atoms with E-state index in [-0.39, 0.29) is 28.9 Å². The van der Waals surface area contributed by atoms with Gasteiger partial charge in [-0.1, -0.05) is 63.6 Å². The van der Waals surface area contributed by atoms with Crippen LogP contribution < -0.4 is 14.5 Å². The molecule has 0 radical (unpaired) electrons. The predicted octanol–water partition coefficient (Wildman–Crippen LogP) is 6.29. The zero-order valence-corrected chi connectivity index (χ0v) is 27.1. The van der Waals surface area contributed by atoms with E-state index in [4.69, 9.17) is 8.92 Å². The van der Waals surface area contributed by atoms with E-state index in [9.17, 15) is 22.8 Å². The largest absolute Gasteiger partial charge is 0.423 e.